The van der Waals surface area contributed by atoms with Gasteiger partial charge in [-0.25, -0.2) is 9.18 Å². The molecule has 168 valence electrons. The van der Waals surface area contributed by atoms with E-state index in [0.29, 0.717) is 24.3 Å². The molecule has 5 rings (SSSR count). The molecular weight excluding hydrogens is 399 g/mol. The van der Waals surface area contributed by atoms with Crippen molar-refractivity contribution >= 4 is 17.0 Å². The van der Waals surface area contributed by atoms with Gasteiger partial charge in [-0.1, -0.05) is 0 Å². The van der Waals surface area contributed by atoms with Crippen molar-refractivity contribution in [3.8, 4) is 5.75 Å². The number of pyridine rings is 1. The maximum Gasteiger partial charge on any atom is 0.408 e. The zero-order valence-electron chi connectivity index (χ0n) is 18.7. The number of halogens is 1. The van der Waals surface area contributed by atoms with Crippen molar-refractivity contribution in [3.63, 3.8) is 0 Å². The highest BCUT2D eigenvalue weighted by molar-refractivity contribution is 5.83. The Morgan fingerprint density at radius 2 is 2.00 bits per heavy atom. The summed E-state index contributed by atoms with van der Waals surface area (Å²) in [5, 5.41) is 3.83. The van der Waals surface area contributed by atoms with Crippen LogP contribution in [-0.4, -0.2) is 41.5 Å². The van der Waals surface area contributed by atoms with Crippen molar-refractivity contribution in [1.82, 2.24) is 10.3 Å². The fraction of sp³-hybridized carbons (Fsp3) is 0.583. The first-order valence-electron chi connectivity index (χ1n) is 10.9. The van der Waals surface area contributed by atoms with Gasteiger partial charge < -0.3 is 19.5 Å². The first-order chi connectivity index (χ1) is 14.6. The lowest BCUT2D eigenvalue weighted by atomic mass is 9.69. The van der Waals surface area contributed by atoms with Crippen LogP contribution in [0.4, 0.5) is 9.18 Å². The highest BCUT2D eigenvalue weighted by atomic mass is 19.1. The van der Waals surface area contributed by atoms with E-state index in [1.54, 1.807) is 7.11 Å². The number of benzene rings is 1. The Labute approximate surface area is 182 Å². The van der Waals surface area contributed by atoms with E-state index in [9.17, 15) is 9.18 Å². The van der Waals surface area contributed by atoms with E-state index in [2.05, 4.69) is 10.3 Å². The largest absolute Gasteiger partial charge is 0.497 e. The molecular formula is C24H31FN2O4. The van der Waals surface area contributed by atoms with Crippen molar-refractivity contribution in [3.05, 3.63) is 35.8 Å². The molecule has 2 saturated heterocycles. The van der Waals surface area contributed by atoms with E-state index in [4.69, 9.17) is 14.2 Å². The van der Waals surface area contributed by atoms with Gasteiger partial charge in [-0.2, -0.15) is 0 Å². The lowest BCUT2D eigenvalue weighted by Gasteiger charge is -2.53. The Bertz CT molecular complexity index is 961. The zero-order chi connectivity index (χ0) is 22.3. The summed E-state index contributed by atoms with van der Waals surface area (Å²) >= 11 is 0. The SMILES string of the molecule is COc1ccc2ncc(F)c(CCC34CCC(NC(=O)OC(C)(C)C)(CC3)CO4)c2c1. The van der Waals surface area contributed by atoms with Crippen molar-refractivity contribution < 1.29 is 23.4 Å². The van der Waals surface area contributed by atoms with Gasteiger partial charge in [0.1, 0.15) is 17.2 Å². The van der Waals surface area contributed by atoms with Crippen LogP contribution < -0.4 is 10.1 Å². The Balaban J connectivity index is 1.44. The third-order valence-electron chi connectivity index (χ3n) is 6.50. The van der Waals surface area contributed by atoms with Crippen molar-refractivity contribution in [2.24, 2.45) is 0 Å². The van der Waals surface area contributed by atoms with E-state index >= 15 is 0 Å². The summed E-state index contributed by atoms with van der Waals surface area (Å²) < 4.78 is 31.7. The highest BCUT2D eigenvalue weighted by Gasteiger charge is 2.50. The first kappa shape index (κ1) is 21.8. The summed E-state index contributed by atoms with van der Waals surface area (Å²) in [5.74, 6) is 0.383. The van der Waals surface area contributed by atoms with Crippen LogP contribution in [0, 0.1) is 5.82 Å². The minimum atomic E-state index is -0.533. The first-order valence-corrected chi connectivity index (χ1v) is 10.9. The van der Waals surface area contributed by atoms with E-state index in [1.165, 1.54) is 6.20 Å². The molecule has 1 aromatic carbocycles. The molecule has 2 aliphatic heterocycles. The molecule has 0 radical (unpaired) electrons. The van der Waals surface area contributed by atoms with Crippen LogP contribution in [0.2, 0.25) is 0 Å². The molecule has 0 atom stereocenters. The number of amides is 1. The fourth-order valence-electron chi connectivity index (χ4n) is 4.70. The zero-order valence-corrected chi connectivity index (χ0v) is 18.7. The topological polar surface area (TPSA) is 69.7 Å². The van der Waals surface area contributed by atoms with E-state index < -0.39 is 11.7 Å². The standard InChI is InChI=1S/C24H31FN2O4/c1-22(2,3)31-21(28)27-23-9-11-24(12-10-23,30-15-23)8-7-17-18-13-16(29-4)5-6-20(18)26-14-19(17)25/h5-6,13-14H,7-12,15H2,1-4H3,(H,27,28). The number of carbonyl (C=O) groups excluding carboxylic acids is 1. The quantitative estimate of drug-likeness (QED) is 0.729. The lowest BCUT2D eigenvalue weighted by Crippen LogP contribution is -2.63. The second-order valence-corrected chi connectivity index (χ2v) is 9.85. The number of hydrogen-bond donors (Lipinski definition) is 1. The van der Waals surface area contributed by atoms with Gasteiger partial charge in [-0.15, -0.1) is 0 Å². The molecule has 3 aliphatic rings. The van der Waals surface area contributed by atoms with Crippen molar-refractivity contribution in [2.75, 3.05) is 13.7 Å². The maximum atomic E-state index is 14.7. The third kappa shape index (κ3) is 4.61. The van der Waals surface area contributed by atoms with E-state index in [0.717, 1.165) is 43.0 Å². The molecule has 0 unspecified atom stereocenters. The molecule has 7 heteroatoms. The number of hydrogen-bond acceptors (Lipinski definition) is 5. The Kier molecular flexibility index (Phi) is 5.58. The summed E-state index contributed by atoms with van der Waals surface area (Å²) in [5.41, 5.74) is 0.221. The molecule has 1 aromatic heterocycles. The second-order valence-electron chi connectivity index (χ2n) is 9.85. The van der Waals surface area contributed by atoms with Crippen molar-refractivity contribution in [2.45, 2.75) is 76.0 Å². The molecule has 1 N–H and O–H groups in total. The van der Waals surface area contributed by atoms with Crippen LogP contribution >= 0.6 is 0 Å². The number of aryl methyl sites for hydroxylation is 1. The van der Waals surface area contributed by atoms with E-state index in [-0.39, 0.29) is 17.0 Å². The summed E-state index contributed by atoms with van der Waals surface area (Å²) in [7, 11) is 1.60. The average molecular weight is 431 g/mol. The van der Waals surface area contributed by atoms with E-state index in [1.807, 2.05) is 39.0 Å². The average Bonchev–Trinajstić information content (AvgIpc) is 2.72. The number of nitrogens with one attached hydrogen (secondary N) is 1. The molecule has 1 aliphatic carbocycles. The van der Waals surface area contributed by atoms with Crippen LogP contribution in [0.1, 0.15) is 58.4 Å². The number of fused-ring (bicyclic) bond motifs is 4. The minimum absolute atomic E-state index is 0.280. The van der Waals surface area contributed by atoms with Gasteiger partial charge in [0.25, 0.3) is 0 Å². The molecule has 1 amide bonds. The number of aromatic nitrogens is 1. The number of alkyl carbamates (subject to hydrolysis) is 1. The molecule has 1 saturated carbocycles. The second kappa shape index (κ2) is 7.93. The number of nitrogens with zero attached hydrogens (tertiary/aromatic N) is 1. The van der Waals surface area contributed by atoms with Gasteiger partial charge in [0.05, 0.1) is 36.6 Å². The van der Waals surface area contributed by atoms with Crippen molar-refractivity contribution in [1.29, 1.82) is 0 Å². The van der Waals surface area contributed by atoms with Gasteiger partial charge in [0.15, 0.2) is 0 Å². The van der Waals surface area contributed by atoms with Crippen LogP contribution in [0.3, 0.4) is 0 Å². The van der Waals surface area contributed by atoms with Crippen LogP contribution in [0.15, 0.2) is 24.4 Å². The van der Waals surface area contributed by atoms with Gasteiger partial charge in [0, 0.05) is 5.39 Å². The molecule has 31 heavy (non-hydrogen) atoms. The summed E-state index contributed by atoms with van der Waals surface area (Å²) in [6.07, 6.45) is 5.50. The van der Waals surface area contributed by atoms with Gasteiger partial charge in [0.2, 0.25) is 0 Å². The fourth-order valence-corrected chi connectivity index (χ4v) is 4.70. The molecule has 3 fully saturated rings. The number of methoxy groups -OCH3 is 1. The number of carbonyl (C=O) groups is 1. The number of ether oxygens (including phenoxy) is 3. The Morgan fingerprint density at radius 3 is 2.61 bits per heavy atom. The van der Waals surface area contributed by atoms with Crippen LogP contribution in [0.25, 0.3) is 10.9 Å². The molecule has 6 nitrogen and oxygen atoms in total. The smallest absolute Gasteiger partial charge is 0.408 e. The van der Waals surface area contributed by atoms with Crippen LogP contribution in [0.5, 0.6) is 5.75 Å². The highest BCUT2D eigenvalue weighted by Crippen LogP contribution is 2.46. The Morgan fingerprint density at radius 1 is 1.26 bits per heavy atom. The Hall–Kier alpha value is -2.41. The summed E-state index contributed by atoms with van der Waals surface area (Å²) in [6.45, 7) is 6.01. The molecule has 3 heterocycles. The predicted molar refractivity (Wildman–Crippen MR) is 116 cm³/mol. The normalized spacial score (nSPS) is 25.5. The predicted octanol–water partition coefficient (Wildman–Crippen LogP) is 4.92. The number of rotatable bonds is 5. The lowest BCUT2D eigenvalue weighted by molar-refractivity contribution is -0.163. The summed E-state index contributed by atoms with van der Waals surface area (Å²) in [6, 6.07) is 5.53. The van der Waals surface area contributed by atoms with Gasteiger partial charge >= 0.3 is 6.09 Å². The molecule has 2 aromatic rings. The maximum absolute atomic E-state index is 14.7. The minimum Gasteiger partial charge on any atom is -0.497 e. The molecule has 0 spiro atoms. The monoisotopic (exact) mass is 430 g/mol. The molecule has 2 bridgehead atoms. The van der Waals surface area contributed by atoms with Gasteiger partial charge in [-0.05, 0) is 83.1 Å². The third-order valence-corrected chi connectivity index (χ3v) is 6.50. The van der Waals surface area contributed by atoms with Crippen LogP contribution in [-0.2, 0) is 15.9 Å². The summed E-state index contributed by atoms with van der Waals surface area (Å²) in [4.78, 5) is 16.5. The van der Waals surface area contributed by atoms with Gasteiger partial charge in [-0.3, -0.25) is 4.98 Å².